The monoisotopic (exact) mass is 139 g/mol. The lowest BCUT2D eigenvalue weighted by molar-refractivity contribution is 1.47. The van der Waals surface area contributed by atoms with Crippen LogP contribution in [0.15, 0.2) is 11.4 Å². The molecule has 48 valence electrons. The molecule has 0 aromatic carbocycles. The second kappa shape index (κ2) is 2.31. The minimum absolute atomic E-state index is 0.660. The summed E-state index contributed by atoms with van der Waals surface area (Å²) in [7, 11) is 0. The fraction of sp³-hybridized carbons (Fsp3) is 0.286. The van der Waals surface area contributed by atoms with E-state index in [0.29, 0.717) is 5.71 Å². The predicted molar refractivity (Wildman–Crippen MR) is 41.6 cm³/mol. The van der Waals surface area contributed by atoms with Gasteiger partial charge in [0, 0.05) is 10.6 Å². The molecule has 0 aliphatic heterocycles. The van der Waals surface area contributed by atoms with Crippen molar-refractivity contribution in [3.8, 4) is 0 Å². The smallest absolute Gasteiger partial charge is 0.0478 e. The maximum atomic E-state index is 7.26. The van der Waals surface area contributed by atoms with Crippen LogP contribution >= 0.6 is 11.3 Å². The second-order valence-electron chi connectivity index (χ2n) is 2.11. The van der Waals surface area contributed by atoms with E-state index in [9.17, 15) is 0 Å². The van der Waals surface area contributed by atoms with Gasteiger partial charge in [0.05, 0.1) is 0 Å². The van der Waals surface area contributed by atoms with E-state index in [2.05, 4.69) is 5.38 Å². The Bertz CT molecular complexity index is 225. The van der Waals surface area contributed by atoms with Crippen molar-refractivity contribution in [2.45, 2.75) is 13.8 Å². The first-order chi connectivity index (χ1) is 4.20. The number of hydrogen-bond donors (Lipinski definition) is 1. The molecule has 1 aromatic rings. The molecule has 1 aromatic heterocycles. The van der Waals surface area contributed by atoms with Crippen LogP contribution in [0.25, 0.3) is 0 Å². The third-order valence-corrected chi connectivity index (χ3v) is 2.27. The predicted octanol–water partition coefficient (Wildman–Crippen LogP) is 2.44. The molecule has 0 atom stereocenters. The molecule has 0 spiro atoms. The second-order valence-corrected chi connectivity index (χ2v) is 3.02. The van der Waals surface area contributed by atoms with Crippen molar-refractivity contribution in [1.29, 1.82) is 5.41 Å². The largest absolute Gasteiger partial charge is 0.304 e. The normalized spacial score (nSPS) is 9.56. The SMILES string of the molecule is CC(=N)c1cc(C)cs1. The minimum atomic E-state index is 0.660. The summed E-state index contributed by atoms with van der Waals surface area (Å²) < 4.78 is 0. The van der Waals surface area contributed by atoms with Gasteiger partial charge < -0.3 is 5.41 Å². The van der Waals surface area contributed by atoms with Gasteiger partial charge in [-0.25, -0.2) is 0 Å². The third-order valence-electron chi connectivity index (χ3n) is 1.10. The summed E-state index contributed by atoms with van der Waals surface area (Å²) in [4.78, 5) is 1.08. The van der Waals surface area contributed by atoms with Crippen molar-refractivity contribution in [3.05, 3.63) is 21.9 Å². The van der Waals surface area contributed by atoms with E-state index in [0.717, 1.165) is 4.88 Å². The number of rotatable bonds is 1. The molecule has 2 heteroatoms. The van der Waals surface area contributed by atoms with Crippen molar-refractivity contribution < 1.29 is 0 Å². The highest BCUT2D eigenvalue weighted by Crippen LogP contribution is 2.13. The van der Waals surface area contributed by atoms with Crippen LogP contribution in [0.5, 0.6) is 0 Å². The van der Waals surface area contributed by atoms with E-state index in [1.165, 1.54) is 5.56 Å². The lowest BCUT2D eigenvalue weighted by atomic mass is 10.3. The summed E-state index contributed by atoms with van der Waals surface area (Å²) >= 11 is 1.63. The fourth-order valence-corrected chi connectivity index (χ4v) is 1.44. The minimum Gasteiger partial charge on any atom is -0.304 e. The average Bonchev–Trinajstić information content (AvgIpc) is 2.14. The van der Waals surface area contributed by atoms with Crippen LogP contribution in [0.3, 0.4) is 0 Å². The molecule has 0 amide bonds. The van der Waals surface area contributed by atoms with Crippen LogP contribution in [-0.2, 0) is 0 Å². The lowest BCUT2D eigenvalue weighted by Gasteiger charge is -1.85. The van der Waals surface area contributed by atoms with Crippen LogP contribution in [0.4, 0.5) is 0 Å². The zero-order valence-corrected chi connectivity index (χ0v) is 6.38. The Hall–Kier alpha value is -0.630. The first-order valence-electron chi connectivity index (χ1n) is 2.81. The molecule has 1 heterocycles. The van der Waals surface area contributed by atoms with Gasteiger partial charge in [-0.05, 0) is 30.9 Å². The van der Waals surface area contributed by atoms with Gasteiger partial charge in [0.2, 0.25) is 0 Å². The fourth-order valence-electron chi connectivity index (χ4n) is 0.628. The first-order valence-corrected chi connectivity index (χ1v) is 3.69. The Labute approximate surface area is 58.9 Å². The number of thiophene rings is 1. The average molecular weight is 139 g/mol. The molecule has 1 rings (SSSR count). The highest BCUT2D eigenvalue weighted by atomic mass is 32.1. The van der Waals surface area contributed by atoms with Crippen LogP contribution in [-0.4, -0.2) is 5.71 Å². The molecule has 9 heavy (non-hydrogen) atoms. The molecule has 0 bridgehead atoms. The molecule has 0 aliphatic carbocycles. The number of aryl methyl sites for hydroxylation is 1. The van der Waals surface area contributed by atoms with Gasteiger partial charge in [-0.1, -0.05) is 0 Å². The van der Waals surface area contributed by atoms with Crippen molar-refractivity contribution >= 4 is 17.0 Å². The van der Waals surface area contributed by atoms with Crippen molar-refractivity contribution in [2.75, 3.05) is 0 Å². The van der Waals surface area contributed by atoms with Crippen molar-refractivity contribution in [1.82, 2.24) is 0 Å². The summed E-state index contributed by atoms with van der Waals surface area (Å²) in [5.41, 5.74) is 1.91. The number of nitrogens with one attached hydrogen (secondary N) is 1. The quantitative estimate of drug-likeness (QED) is 0.578. The Kier molecular flexibility index (Phi) is 1.67. The van der Waals surface area contributed by atoms with Crippen molar-refractivity contribution in [2.24, 2.45) is 0 Å². The Morgan fingerprint density at radius 3 is 2.56 bits per heavy atom. The molecular weight excluding hydrogens is 130 g/mol. The van der Waals surface area contributed by atoms with E-state index in [4.69, 9.17) is 5.41 Å². The van der Waals surface area contributed by atoms with Gasteiger partial charge in [-0.2, -0.15) is 0 Å². The van der Waals surface area contributed by atoms with E-state index in [-0.39, 0.29) is 0 Å². The van der Waals surface area contributed by atoms with Gasteiger partial charge in [0.25, 0.3) is 0 Å². The summed E-state index contributed by atoms with van der Waals surface area (Å²) in [6.45, 7) is 3.86. The summed E-state index contributed by atoms with van der Waals surface area (Å²) in [6.07, 6.45) is 0. The van der Waals surface area contributed by atoms with E-state index < -0.39 is 0 Å². The van der Waals surface area contributed by atoms with Crippen molar-refractivity contribution in [3.63, 3.8) is 0 Å². The summed E-state index contributed by atoms with van der Waals surface area (Å²) in [6, 6.07) is 2.03. The van der Waals surface area contributed by atoms with Crippen LogP contribution in [0.2, 0.25) is 0 Å². The number of hydrogen-bond acceptors (Lipinski definition) is 2. The Balaban J connectivity index is 2.98. The Morgan fingerprint density at radius 2 is 2.33 bits per heavy atom. The van der Waals surface area contributed by atoms with E-state index in [1.54, 1.807) is 11.3 Å². The molecule has 1 nitrogen and oxygen atoms in total. The molecule has 1 N–H and O–H groups in total. The van der Waals surface area contributed by atoms with Crippen LogP contribution < -0.4 is 0 Å². The van der Waals surface area contributed by atoms with Crippen LogP contribution in [0.1, 0.15) is 17.4 Å². The van der Waals surface area contributed by atoms with Gasteiger partial charge in [0.15, 0.2) is 0 Å². The summed E-state index contributed by atoms with van der Waals surface area (Å²) in [5, 5.41) is 9.32. The van der Waals surface area contributed by atoms with E-state index in [1.807, 2.05) is 19.9 Å². The first kappa shape index (κ1) is 6.49. The topological polar surface area (TPSA) is 23.9 Å². The highest BCUT2D eigenvalue weighted by Gasteiger charge is 1.95. The van der Waals surface area contributed by atoms with Gasteiger partial charge >= 0.3 is 0 Å². The maximum absolute atomic E-state index is 7.26. The van der Waals surface area contributed by atoms with Gasteiger partial charge in [-0.3, -0.25) is 0 Å². The molecule has 0 aliphatic rings. The standard InChI is InChI=1S/C7H9NS/c1-5-3-7(6(2)8)9-4-5/h3-4,8H,1-2H3. The molecule has 0 radical (unpaired) electrons. The van der Waals surface area contributed by atoms with E-state index >= 15 is 0 Å². The van der Waals surface area contributed by atoms with Gasteiger partial charge in [0.1, 0.15) is 0 Å². The molecule has 0 unspecified atom stereocenters. The molecule has 0 fully saturated rings. The maximum Gasteiger partial charge on any atom is 0.0478 e. The van der Waals surface area contributed by atoms with Gasteiger partial charge in [-0.15, -0.1) is 11.3 Å². The zero-order chi connectivity index (χ0) is 6.85. The lowest BCUT2D eigenvalue weighted by Crippen LogP contribution is -1.83. The Morgan fingerprint density at radius 1 is 1.67 bits per heavy atom. The zero-order valence-electron chi connectivity index (χ0n) is 5.56. The molecule has 0 saturated carbocycles. The molecule has 0 saturated heterocycles. The summed E-state index contributed by atoms with van der Waals surface area (Å²) in [5.74, 6) is 0. The highest BCUT2D eigenvalue weighted by molar-refractivity contribution is 7.12. The molecular formula is C7H9NS. The third kappa shape index (κ3) is 1.39. The van der Waals surface area contributed by atoms with Crippen LogP contribution in [0, 0.1) is 12.3 Å².